The predicted molar refractivity (Wildman–Crippen MR) is 107 cm³/mol. The van der Waals surface area contributed by atoms with Gasteiger partial charge in [-0.3, -0.25) is 19.4 Å². The maximum Gasteiger partial charge on any atom is 0.313 e. The number of carbonyl (C=O) groups is 3. The number of hydrogen-bond donors (Lipinski definition) is 2. The molecule has 1 saturated heterocycles. The van der Waals surface area contributed by atoms with E-state index in [4.69, 9.17) is 10.5 Å². The molecule has 0 aliphatic carbocycles. The third-order valence-electron chi connectivity index (χ3n) is 5.11. The molecule has 3 N–H and O–H groups in total. The van der Waals surface area contributed by atoms with Crippen molar-refractivity contribution in [3.05, 3.63) is 53.6 Å². The van der Waals surface area contributed by atoms with Crippen LogP contribution < -0.4 is 15.8 Å². The second-order valence-electron chi connectivity index (χ2n) is 7.33. The van der Waals surface area contributed by atoms with Crippen LogP contribution in [0.4, 0.5) is 10.1 Å². The zero-order chi connectivity index (χ0) is 21.8. The SMILES string of the molecule is COc1cc([C@@H]2CC[C@@H](C)CN2C(=O)C(=O)Nc2cncc(C(N)=O)c2)ccc1F. The maximum absolute atomic E-state index is 13.8. The Morgan fingerprint density at radius 1 is 1.23 bits per heavy atom. The van der Waals surface area contributed by atoms with Gasteiger partial charge >= 0.3 is 11.8 Å². The molecular weight excluding hydrogens is 391 g/mol. The summed E-state index contributed by atoms with van der Waals surface area (Å²) >= 11 is 0. The molecule has 3 amide bonds. The van der Waals surface area contributed by atoms with Crippen LogP contribution in [0.5, 0.6) is 5.75 Å². The number of carbonyl (C=O) groups excluding carboxylic acids is 3. The number of piperidine rings is 1. The molecule has 158 valence electrons. The summed E-state index contributed by atoms with van der Waals surface area (Å²) in [7, 11) is 1.37. The van der Waals surface area contributed by atoms with Crippen molar-refractivity contribution in [1.82, 2.24) is 9.88 Å². The first kappa shape index (κ1) is 21.2. The fraction of sp³-hybridized carbons (Fsp3) is 0.333. The largest absolute Gasteiger partial charge is 0.494 e. The van der Waals surface area contributed by atoms with Gasteiger partial charge in [-0.2, -0.15) is 0 Å². The number of nitrogens with two attached hydrogens (primary N) is 1. The van der Waals surface area contributed by atoms with Crippen LogP contribution >= 0.6 is 0 Å². The summed E-state index contributed by atoms with van der Waals surface area (Å²) in [4.78, 5) is 42.2. The van der Waals surface area contributed by atoms with Gasteiger partial charge in [0.25, 0.3) is 0 Å². The van der Waals surface area contributed by atoms with Gasteiger partial charge in [0, 0.05) is 12.7 Å². The molecule has 1 aliphatic rings. The van der Waals surface area contributed by atoms with E-state index in [0.717, 1.165) is 6.42 Å². The quantitative estimate of drug-likeness (QED) is 0.745. The highest BCUT2D eigenvalue weighted by molar-refractivity contribution is 6.39. The van der Waals surface area contributed by atoms with E-state index >= 15 is 0 Å². The molecule has 2 aromatic rings. The summed E-state index contributed by atoms with van der Waals surface area (Å²) in [6.45, 7) is 2.39. The number of likely N-dealkylation sites (tertiary alicyclic amines) is 1. The smallest absolute Gasteiger partial charge is 0.313 e. The summed E-state index contributed by atoms with van der Waals surface area (Å²) in [5.41, 5.74) is 6.22. The highest BCUT2D eigenvalue weighted by atomic mass is 19.1. The molecule has 0 bridgehead atoms. The topological polar surface area (TPSA) is 115 Å². The van der Waals surface area contributed by atoms with Crippen molar-refractivity contribution in [3.63, 3.8) is 0 Å². The molecule has 9 heteroatoms. The highest BCUT2D eigenvalue weighted by Gasteiger charge is 2.34. The van der Waals surface area contributed by atoms with Crippen LogP contribution in [-0.4, -0.2) is 41.3 Å². The second-order valence-corrected chi connectivity index (χ2v) is 7.33. The Kier molecular flexibility index (Phi) is 6.29. The van der Waals surface area contributed by atoms with Gasteiger partial charge < -0.3 is 20.7 Å². The number of nitrogens with one attached hydrogen (secondary N) is 1. The van der Waals surface area contributed by atoms with Crippen LogP contribution in [-0.2, 0) is 9.59 Å². The van der Waals surface area contributed by atoms with E-state index in [-0.39, 0.29) is 29.0 Å². The van der Waals surface area contributed by atoms with E-state index in [2.05, 4.69) is 10.3 Å². The number of methoxy groups -OCH3 is 1. The number of halogens is 1. The molecule has 0 radical (unpaired) electrons. The summed E-state index contributed by atoms with van der Waals surface area (Å²) in [6, 6.07) is 5.40. The van der Waals surface area contributed by atoms with Crippen molar-refractivity contribution < 1.29 is 23.5 Å². The summed E-state index contributed by atoms with van der Waals surface area (Å²) < 4.78 is 18.9. The van der Waals surface area contributed by atoms with Crippen molar-refractivity contribution in [2.24, 2.45) is 11.7 Å². The second kappa shape index (κ2) is 8.89. The number of primary amides is 1. The third kappa shape index (κ3) is 4.56. The first-order chi connectivity index (χ1) is 14.3. The zero-order valence-electron chi connectivity index (χ0n) is 16.7. The molecule has 1 aromatic carbocycles. The highest BCUT2D eigenvalue weighted by Crippen LogP contribution is 2.35. The van der Waals surface area contributed by atoms with E-state index in [1.165, 1.54) is 36.5 Å². The number of hydrogen-bond acceptors (Lipinski definition) is 5. The molecule has 1 aromatic heterocycles. The molecule has 0 saturated carbocycles. The third-order valence-corrected chi connectivity index (χ3v) is 5.11. The minimum Gasteiger partial charge on any atom is -0.494 e. The number of benzene rings is 1. The number of aromatic nitrogens is 1. The maximum atomic E-state index is 13.8. The number of rotatable bonds is 4. The summed E-state index contributed by atoms with van der Waals surface area (Å²) in [5, 5.41) is 2.47. The molecule has 2 atom stereocenters. The minimum atomic E-state index is -0.855. The van der Waals surface area contributed by atoms with Gasteiger partial charge in [0.2, 0.25) is 5.91 Å². The van der Waals surface area contributed by atoms with E-state index in [9.17, 15) is 18.8 Å². The van der Waals surface area contributed by atoms with Crippen LogP contribution in [0.1, 0.15) is 41.7 Å². The van der Waals surface area contributed by atoms with Gasteiger partial charge in [-0.25, -0.2) is 4.39 Å². The lowest BCUT2D eigenvalue weighted by molar-refractivity contribution is -0.146. The van der Waals surface area contributed by atoms with Gasteiger partial charge in [-0.05, 0) is 42.5 Å². The molecule has 2 heterocycles. The predicted octanol–water partition coefficient (Wildman–Crippen LogP) is 2.27. The van der Waals surface area contributed by atoms with E-state index in [1.54, 1.807) is 12.1 Å². The molecule has 8 nitrogen and oxygen atoms in total. The Morgan fingerprint density at radius 3 is 2.70 bits per heavy atom. The van der Waals surface area contributed by atoms with Crippen LogP contribution in [0.2, 0.25) is 0 Å². The molecule has 1 aliphatic heterocycles. The fourth-order valence-electron chi connectivity index (χ4n) is 3.57. The van der Waals surface area contributed by atoms with Crippen molar-refractivity contribution in [1.29, 1.82) is 0 Å². The number of anilines is 1. The van der Waals surface area contributed by atoms with Crippen molar-refractivity contribution in [3.8, 4) is 5.75 Å². The average molecular weight is 414 g/mol. The van der Waals surface area contributed by atoms with Crippen molar-refractivity contribution >= 4 is 23.4 Å². The van der Waals surface area contributed by atoms with E-state index in [0.29, 0.717) is 18.5 Å². The van der Waals surface area contributed by atoms with Crippen LogP contribution in [0.15, 0.2) is 36.7 Å². The lowest BCUT2D eigenvalue weighted by Gasteiger charge is -2.38. The van der Waals surface area contributed by atoms with Gasteiger partial charge in [-0.15, -0.1) is 0 Å². The standard InChI is InChI=1S/C21H23FN4O4/c1-12-3-6-17(13-4-5-16(22)18(8-13)30-2)26(11-12)21(29)20(28)25-15-7-14(19(23)27)9-24-10-15/h4-5,7-10,12,17H,3,6,11H2,1-2H3,(H2,23,27)(H,25,28)/t12-,17+/m1/s1. The van der Waals surface area contributed by atoms with Gasteiger partial charge in [-0.1, -0.05) is 13.0 Å². The zero-order valence-corrected chi connectivity index (χ0v) is 16.7. The lowest BCUT2D eigenvalue weighted by atomic mass is 9.89. The molecule has 1 fully saturated rings. The van der Waals surface area contributed by atoms with E-state index in [1.807, 2.05) is 6.92 Å². The lowest BCUT2D eigenvalue weighted by Crippen LogP contribution is -2.46. The monoisotopic (exact) mass is 414 g/mol. The fourth-order valence-corrected chi connectivity index (χ4v) is 3.57. The molecular formula is C21H23FN4O4. The summed E-state index contributed by atoms with van der Waals surface area (Å²) in [5.74, 6) is -2.48. The first-order valence-corrected chi connectivity index (χ1v) is 9.50. The Labute approximate surface area is 173 Å². The number of pyridine rings is 1. The van der Waals surface area contributed by atoms with Crippen LogP contribution in [0, 0.1) is 11.7 Å². The number of ether oxygens (including phenoxy) is 1. The van der Waals surface area contributed by atoms with Gasteiger partial charge in [0.1, 0.15) is 0 Å². The van der Waals surface area contributed by atoms with E-state index < -0.39 is 23.5 Å². The van der Waals surface area contributed by atoms with Crippen LogP contribution in [0.25, 0.3) is 0 Å². The molecule has 3 rings (SSSR count). The summed E-state index contributed by atoms with van der Waals surface area (Å²) in [6.07, 6.45) is 4.08. The Bertz CT molecular complexity index is 981. The Balaban J connectivity index is 1.83. The first-order valence-electron chi connectivity index (χ1n) is 9.50. The van der Waals surface area contributed by atoms with Gasteiger partial charge in [0.15, 0.2) is 11.6 Å². The average Bonchev–Trinajstić information content (AvgIpc) is 2.73. The Hall–Kier alpha value is -3.49. The minimum absolute atomic E-state index is 0.0808. The number of amides is 3. The molecule has 0 spiro atoms. The number of nitrogens with zero attached hydrogens (tertiary/aromatic N) is 2. The molecule has 30 heavy (non-hydrogen) atoms. The van der Waals surface area contributed by atoms with Crippen molar-refractivity contribution in [2.45, 2.75) is 25.8 Å². The molecule has 0 unspecified atom stereocenters. The van der Waals surface area contributed by atoms with Gasteiger partial charge in [0.05, 0.1) is 30.6 Å². The normalized spacial score (nSPS) is 18.6. The van der Waals surface area contributed by atoms with Crippen molar-refractivity contribution in [2.75, 3.05) is 19.0 Å². The van der Waals surface area contributed by atoms with Crippen LogP contribution in [0.3, 0.4) is 0 Å². The Morgan fingerprint density at radius 2 is 2.00 bits per heavy atom.